The van der Waals surface area contributed by atoms with Crippen LogP contribution in [0.15, 0.2) is 29.0 Å². The van der Waals surface area contributed by atoms with Crippen LogP contribution in [-0.4, -0.2) is 35.6 Å². The Morgan fingerprint density at radius 3 is 2.81 bits per heavy atom. The second-order valence-electron chi connectivity index (χ2n) is 6.63. The van der Waals surface area contributed by atoms with E-state index in [9.17, 15) is 0 Å². The summed E-state index contributed by atoms with van der Waals surface area (Å²) >= 11 is 1.59. The van der Waals surface area contributed by atoms with Crippen LogP contribution < -0.4 is 4.74 Å². The Morgan fingerprint density at radius 1 is 1.24 bits per heavy atom. The van der Waals surface area contributed by atoms with Gasteiger partial charge in [-0.3, -0.25) is 0 Å². The maximum absolute atomic E-state index is 6.31. The molecule has 3 aliphatic heterocycles. The van der Waals surface area contributed by atoms with Crippen LogP contribution in [0.25, 0.3) is 10.6 Å². The van der Waals surface area contributed by atoms with Gasteiger partial charge in [-0.1, -0.05) is 11.3 Å². The first-order valence-electron chi connectivity index (χ1n) is 7.74. The molecule has 21 heavy (non-hydrogen) atoms. The first kappa shape index (κ1) is 12.2. The summed E-state index contributed by atoms with van der Waals surface area (Å²) in [4.78, 5) is 8.12. The standard InChI is InChI=1S/C16H18N2O2S/c1-2-13(19-3-1)14-6-17-16(21-14)20-15-11-4-10-5-12(15)9-18(7-10)8-11/h1-3,6,10-12,15H,4-5,7-9H2/t10?,11-,12-,15?/m0/s1. The molecule has 4 nitrogen and oxygen atoms in total. The molecular formula is C16H18N2O2S. The van der Waals surface area contributed by atoms with Crippen LogP contribution in [0, 0.1) is 17.8 Å². The molecule has 5 heterocycles. The van der Waals surface area contributed by atoms with Crippen LogP contribution in [0.4, 0.5) is 0 Å². The van der Waals surface area contributed by atoms with E-state index in [1.807, 2.05) is 18.3 Å². The number of aromatic nitrogens is 1. The van der Waals surface area contributed by atoms with Crippen LogP contribution in [0.1, 0.15) is 12.8 Å². The summed E-state index contributed by atoms with van der Waals surface area (Å²) in [5, 5.41) is 0.800. The first-order chi connectivity index (χ1) is 10.3. The van der Waals surface area contributed by atoms with E-state index in [1.165, 1.54) is 32.5 Å². The Balaban J connectivity index is 1.36. The van der Waals surface area contributed by atoms with Gasteiger partial charge in [-0.25, -0.2) is 4.98 Å². The van der Waals surface area contributed by atoms with Gasteiger partial charge in [-0.15, -0.1) is 0 Å². The molecule has 5 heteroatoms. The topological polar surface area (TPSA) is 38.5 Å². The fraction of sp³-hybridized carbons (Fsp3) is 0.562. The highest BCUT2D eigenvalue weighted by Gasteiger charge is 2.48. The van der Waals surface area contributed by atoms with Crippen LogP contribution >= 0.6 is 11.3 Å². The molecule has 2 aromatic rings. The average molecular weight is 302 g/mol. The van der Waals surface area contributed by atoms with Crippen molar-refractivity contribution in [2.45, 2.75) is 18.9 Å². The number of ether oxygens (including phenoxy) is 1. The third-order valence-corrected chi connectivity index (χ3v) is 6.09. The second kappa shape index (κ2) is 4.58. The Kier molecular flexibility index (Phi) is 2.67. The molecule has 3 saturated heterocycles. The summed E-state index contributed by atoms with van der Waals surface area (Å²) in [5.41, 5.74) is 0. The van der Waals surface area contributed by atoms with Gasteiger partial charge in [0, 0.05) is 31.5 Å². The lowest BCUT2D eigenvalue weighted by molar-refractivity contribution is -0.0985. The lowest BCUT2D eigenvalue weighted by Gasteiger charge is -2.55. The van der Waals surface area contributed by atoms with E-state index in [0.717, 1.165) is 21.7 Å². The van der Waals surface area contributed by atoms with E-state index >= 15 is 0 Å². The van der Waals surface area contributed by atoms with E-state index in [4.69, 9.17) is 9.15 Å². The fourth-order valence-corrected chi connectivity index (χ4v) is 5.29. The third-order valence-electron chi connectivity index (χ3n) is 5.19. The van der Waals surface area contributed by atoms with Gasteiger partial charge in [-0.05, 0) is 30.9 Å². The maximum Gasteiger partial charge on any atom is 0.274 e. The van der Waals surface area contributed by atoms with E-state index in [2.05, 4.69) is 9.88 Å². The van der Waals surface area contributed by atoms with Gasteiger partial charge < -0.3 is 14.1 Å². The van der Waals surface area contributed by atoms with Crippen molar-refractivity contribution in [2.75, 3.05) is 19.6 Å². The quantitative estimate of drug-likeness (QED) is 0.873. The van der Waals surface area contributed by atoms with Gasteiger partial charge in [0.2, 0.25) is 0 Å². The highest BCUT2D eigenvalue weighted by Crippen LogP contribution is 2.45. The molecule has 4 bridgehead atoms. The van der Waals surface area contributed by atoms with E-state index in [0.29, 0.717) is 17.9 Å². The minimum Gasteiger partial charge on any atom is -0.466 e. The zero-order valence-electron chi connectivity index (χ0n) is 11.8. The molecule has 0 spiro atoms. The number of furan rings is 1. The highest BCUT2D eigenvalue weighted by molar-refractivity contribution is 7.16. The van der Waals surface area contributed by atoms with Gasteiger partial charge in [0.15, 0.2) is 0 Å². The number of nitrogens with zero attached hydrogens (tertiary/aromatic N) is 2. The zero-order valence-corrected chi connectivity index (χ0v) is 12.6. The van der Waals surface area contributed by atoms with Crippen LogP contribution in [0.3, 0.4) is 0 Å². The Morgan fingerprint density at radius 2 is 2.10 bits per heavy atom. The van der Waals surface area contributed by atoms with Crippen molar-refractivity contribution < 1.29 is 9.15 Å². The Bertz CT molecular complexity index is 609. The van der Waals surface area contributed by atoms with Gasteiger partial charge in [0.1, 0.15) is 11.9 Å². The molecule has 6 rings (SSSR count). The zero-order chi connectivity index (χ0) is 13.8. The van der Waals surface area contributed by atoms with Crippen molar-refractivity contribution in [1.29, 1.82) is 0 Å². The van der Waals surface area contributed by atoms with Gasteiger partial charge in [0.05, 0.1) is 17.3 Å². The molecule has 0 aromatic carbocycles. The van der Waals surface area contributed by atoms with Gasteiger partial charge in [0.25, 0.3) is 5.19 Å². The minimum absolute atomic E-state index is 0.369. The van der Waals surface area contributed by atoms with Gasteiger partial charge >= 0.3 is 0 Å². The molecule has 0 unspecified atom stereocenters. The molecule has 2 atom stereocenters. The van der Waals surface area contributed by atoms with Crippen molar-refractivity contribution in [2.24, 2.45) is 17.8 Å². The normalized spacial score (nSPS) is 37.0. The van der Waals surface area contributed by atoms with Crippen molar-refractivity contribution in [1.82, 2.24) is 9.88 Å². The lowest BCUT2D eigenvalue weighted by atomic mass is 9.66. The average Bonchev–Trinajstić information content (AvgIpc) is 3.13. The summed E-state index contributed by atoms with van der Waals surface area (Å²) in [7, 11) is 0. The van der Waals surface area contributed by atoms with Crippen LogP contribution in [0.2, 0.25) is 0 Å². The molecule has 4 aliphatic rings. The monoisotopic (exact) mass is 302 g/mol. The number of hydrogen-bond donors (Lipinski definition) is 0. The number of thiazole rings is 1. The van der Waals surface area contributed by atoms with E-state index < -0.39 is 0 Å². The SMILES string of the molecule is c1coc(-c2cnc(OC3[C@H]4CC5C[C@H]3CN(C5)C4)s2)c1. The smallest absolute Gasteiger partial charge is 0.274 e. The number of rotatable bonds is 3. The predicted molar refractivity (Wildman–Crippen MR) is 80.4 cm³/mol. The van der Waals surface area contributed by atoms with Gasteiger partial charge in [-0.2, -0.15) is 0 Å². The summed E-state index contributed by atoms with van der Waals surface area (Å²) in [6, 6.07) is 3.87. The second-order valence-corrected chi connectivity index (χ2v) is 7.62. The number of hydrogen-bond acceptors (Lipinski definition) is 5. The fourth-order valence-electron chi connectivity index (χ4n) is 4.52. The van der Waals surface area contributed by atoms with E-state index in [-0.39, 0.29) is 0 Å². The summed E-state index contributed by atoms with van der Waals surface area (Å²) in [6.07, 6.45) is 6.61. The van der Waals surface area contributed by atoms with Crippen molar-refractivity contribution in [3.8, 4) is 15.8 Å². The molecule has 1 saturated carbocycles. The lowest BCUT2D eigenvalue weighted by Crippen LogP contribution is -2.61. The Labute approximate surface area is 127 Å². The molecule has 0 N–H and O–H groups in total. The van der Waals surface area contributed by atoms with Crippen LogP contribution in [-0.2, 0) is 0 Å². The molecule has 4 fully saturated rings. The summed E-state index contributed by atoms with van der Waals surface area (Å²) in [6.45, 7) is 3.75. The third kappa shape index (κ3) is 2.02. The largest absolute Gasteiger partial charge is 0.466 e. The number of piperidine rings is 3. The molecular weight excluding hydrogens is 284 g/mol. The van der Waals surface area contributed by atoms with Crippen molar-refractivity contribution in [3.05, 3.63) is 24.6 Å². The van der Waals surface area contributed by atoms with Crippen molar-refractivity contribution >= 4 is 11.3 Å². The predicted octanol–water partition coefficient (Wildman–Crippen LogP) is 3.12. The molecule has 110 valence electrons. The van der Waals surface area contributed by atoms with Crippen LogP contribution in [0.5, 0.6) is 5.19 Å². The molecule has 2 aromatic heterocycles. The maximum atomic E-state index is 6.31. The summed E-state index contributed by atoms with van der Waals surface area (Å²) < 4.78 is 11.7. The molecule has 1 aliphatic carbocycles. The minimum atomic E-state index is 0.369. The van der Waals surface area contributed by atoms with E-state index in [1.54, 1.807) is 17.6 Å². The molecule has 0 amide bonds. The van der Waals surface area contributed by atoms with Crippen molar-refractivity contribution in [3.63, 3.8) is 0 Å². The Hall–Kier alpha value is -1.33. The molecule has 0 radical (unpaired) electrons. The first-order valence-corrected chi connectivity index (χ1v) is 8.55. The highest BCUT2D eigenvalue weighted by atomic mass is 32.1. The summed E-state index contributed by atoms with van der Waals surface area (Å²) in [5.74, 6) is 3.19.